The van der Waals surface area contributed by atoms with Gasteiger partial charge in [-0.15, -0.1) is 0 Å². The zero-order chi connectivity index (χ0) is 8.55. The zero-order valence-corrected chi connectivity index (χ0v) is 8.74. The van der Waals surface area contributed by atoms with Crippen molar-refractivity contribution in [1.82, 2.24) is 0 Å². The van der Waals surface area contributed by atoms with E-state index in [1.165, 1.54) is 34.1 Å². The van der Waals surface area contributed by atoms with Crippen molar-refractivity contribution in [1.29, 1.82) is 0 Å². The summed E-state index contributed by atoms with van der Waals surface area (Å²) in [5.74, 6) is 0. The van der Waals surface area contributed by atoms with Crippen LogP contribution in [0.4, 0.5) is 5.69 Å². The fourth-order valence-corrected chi connectivity index (χ4v) is 2.37. The summed E-state index contributed by atoms with van der Waals surface area (Å²) < 4.78 is 1.20. The molecule has 0 amide bonds. The van der Waals surface area contributed by atoms with E-state index in [1.54, 1.807) is 0 Å². The highest BCUT2D eigenvalue weighted by atomic mass is 79.9. The van der Waals surface area contributed by atoms with Crippen molar-refractivity contribution in [3.8, 4) is 0 Å². The minimum atomic E-state index is 1.12. The summed E-state index contributed by atoms with van der Waals surface area (Å²) in [4.78, 5) is 0. The highest BCUT2D eigenvalue weighted by Crippen LogP contribution is 2.29. The van der Waals surface area contributed by atoms with E-state index >= 15 is 0 Å². The molecule has 0 aromatic heterocycles. The SMILES string of the molecule is Cc1cc(Br)cc2c1NCCC2. The Morgan fingerprint density at radius 3 is 3.08 bits per heavy atom. The quantitative estimate of drug-likeness (QED) is 0.716. The van der Waals surface area contributed by atoms with Gasteiger partial charge in [-0.25, -0.2) is 0 Å². The number of nitrogens with one attached hydrogen (secondary N) is 1. The molecule has 1 aliphatic rings. The summed E-state index contributed by atoms with van der Waals surface area (Å²) >= 11 is 3.51. The molecule has 1 aromatic carbocycles. The fourth-order valence-electron chi connectivity index (χ4n) is 1.75. The maximum Gasteiger partial charge on any atom is 0.0403 e. The minimum Gasteiger partial charge on any atom is -0.385 e. The zero-order valence-electron chi connectivity index (χ0n) is 7.15. The molecule has 0 saturated carbocycles. The molecule has 1 aromatic rings. The second-order valence-electron chi connectivity index (χ2n) is 3.29. The molecule has 0 unspecified atom stereocenters. The molecule has 64 valence electrons. The standard InChI is InChI=1S/C10H12BrN/c1-7-5-9(11)6-8-3-2-4-12-10(7)8/h5-6,12H,2-4H2,1H3. The Labute approximate surface area is 81.3 Å². The lowest BCUT2D eigenvalue weighted by molar-refractivity contribution is 0.827. The molecule has 0 spiro atoms. The number of rotatable bonds is 0. The highest BCUT2D eigenvalue weighted by Gasteiger charge is 2.10. The van der Waals surface area contributed by atoms with Crippen LogP contribution in [0.3, 0.4) is 0 Å². The lowest BCUT2D eigenvalue weighted by Crippen LogP contribution is -2.12. The third-order valence-corrected chi connectivity index (χ3v) is 2.76. The van der Waals surface area contributed by atoms with Crippen molar-refractivity contribution < 1.29 is 0 Å². The molecule has 1 N–H and O–H groups in total. The first-order valence-electron chi connectivity index (χ1n) is 4.30. The third-order valence-electron chi connectivity index (χ3n) is 2.31. The normalized spacial score (nSPS) is 15.2. The molecule has 1 heterocycles. The average Bonchev–Trinajstić information content (AvgIpc) is 2.04. The summed E-state index contributed by atoms with van der Waals surface area (Å²) in [5.41, 5.74) is 4.15. The monoisotopic (exact) mass is 225 g/mol. The van der Waals surface area contributed by atoms with Crippen LogP contribution in [-0.4, -0.2) is 6.54 Å². The third kappa shape index (κ3) is 1.36. The van der Waals surface area contributed by atoms with Crippen LogP contribution in [0, 0.1) is 6.92 Å². The molecule has 2 rings (SSSR count). The lowest BCUT2D eigenvalue weighted by atomic mass is 10.0. The molecule has 0 saturated heterocycles. The van der Waals surface area contributed by atoms with Gasteiger partial charge in [0.15, 0.2) is 0 Å². The first-order valence-corrected chi connectivity index (χ1v) is 5.09. The van der Waals surface area contributed by atoms with Crippen molar-refractivity contribution in [3.05, 3.63) is 27.7 Å². The average molecular weight is 226 g/mol. The van der Waals surface area contributed by atoms with E-state index in [2.05, 4.69) is 40.3 Å². The molecule has 0 aliphatic carbocycles. The Morgan fingerprint density at radius 1 is 1.42 bits per heavy atom. The van der Waals surface area contributed by atoms with E-state index in [0.717, 1.165) is 6.54 Å². The van der Waals surface area contributed by atoms with E-state index < -0.39 is 0 Å². The van der Waals surface area contributed by atoms with Gasteiger partial charge in [-0.1, -0.05) is 15.9 Å². The maximum atomic E-state index is 3.51. The highest BCUT2D eigenvalue weighted by molar-refractivity contribution is 9.10. The van der Waals surface area contributed by atoms with Crippen LogP contribution >= 0.6 is 15.9 Å². The summed E-state index contributed by atoms with van der Waals surface area (Å²) in [6.45, 7) is 3.28. The van der Waals surface area contributed by atoms with Crippen LogP contribution < -0.4 is 5.32 Å². The summed E-state index contributed by atoms with van der Waals surface area (Å²) in [6, 6.07) is 4.38. The number of halogens is 1. The predicted octanol–water partition coefficient (Wildman–Crippen LogP) is 3.12. The first-order chi connectivity index (χ1) is 5.77. The van der Waals surface area contributed by atoms with Gasteiger partial charge in [0.1, 0.15) is 0 Å². The molecular formula is C10H12BrN. The van der Waals surface area contributed by atoms with E-state index in [9.17, 15) is 0 Å². The summed E-state index contributed by atoms with van der Waals surface area (Å²) in [5, 5.41) is 3.44. The van der Waals surface area contributed by atoms with Crippen LogP contribution in [0.15, 0.2) is 16.6 Å². The second-order valence-corrected chi connectivity index (χ2v) is 4.20. The molecule has 1 aliphatic heterocycles. The van der Waals surface area contributed by atoms with Gasteiger partial charge < -0.3 is 5.32 Å². The van der Waals surface area contributed by atoms with Gasteiger partial charge >= 0.3 is 0 Å². The van der Waals surface area contributed by atoms with Gasteiger partial charge in [-0.05, 0) is 43.0 Å². The molecular weight excluding hydrogens is 214 g/mol. The Balaban J connectivity index is 2.53. The smallest absolute Gasteiger partial charge is 0.0403 e. The molecule has 0 bridgehead atoms. The van der Waals surface area contributed by atoms with Gasteiger partial charge in [0.25, 0.3) is 0 Å². The first kappa shape index (κ1) is 8.11. The fraction of sp³-hybridized carbons (Fsp3) is 0.400. The van der Waals surface area contributed by atoms with E-state index in [4.69, 9.17) is 0 Å². The lowest BCUT2D eigenvalue weighted by Gasteiger charge is -2.20. The molecule has 0 atom stereocenters. The number of anilines is 1. The Kier molecular flexibility index (Phi) is 2.09. The number of benzene rings is 1. The number of hydrogen-bond donors (Lipinski definition) is 1. The van der Waals surface area contributed by atoms with Gasteiger partial charge in [-0.3, -0.25) is 0 Å². The Bertz CT molecular complexity index is 307. The number of aryl methyl sites for hydroxylation is 2. The van der Waals surface area contributed by atoms with Crippen LogP contribution in [0.1, 0.15) is 17.5 Å². The van der Waals surface area contributed by atoms with Crippen LogP contribution in [0.25, 0.3) is 0 Å². The van der Waals surface area contributed by atoms with E-state index in [0.29, 0.717) is 0 Å². The van der Waals surface area contributed by atoms with Gasteiger partial charge in [0, 0.05) is 16.7 Å². The second kappa shape index (κ2) is 3.09. The molecule has 0 fully saturated rings. The van der Waals surface area contributed by atoms with Crippen LogP contribution in [0.2, 0.25) is 0 Å². The van der Waals surface area contributed by atoms with Crippen molar-refractivity contribution in [2.45, 2.75) is 19.8 Å². The van der Waals surface area contributed by atoms with Gasteiger partial charge in [0.05, 0.1) is 0 Å². The minimum absolute atomic E-state index is 1.12. The van der Waals surface area contributed by atoms with Crippen LogP contribution in [-0.2, 0) is 6.42 Å². The molecule has 2 heteroatoms. The number of fused-ring (bicyclic) bond motifs is 1. The van der Waals surface area contributed by atoms with Gasteiger partial charge in [0.2, 0.25) is 0 Å². The molecule has 1 nitrogen and oxygen atoms in total. The van der Waals surface area contributed by atoms with Crippen molar-refractivity contribution in [2.24, 2.45) is 0 Å². The van der Waals surface area contributed by atoms with Crippen molar-refractivity contribution in [3.63, 3.8) is 0 Å². The van der Waals surface area contributed by atoms with Gasteiger partial charge in [-0.2, -0.15) is 0 Å². The Morgan fingerprint density at radius 2 is 2.25 bits per heavy atom. The predicted molar refractivity (Wildman–Crippen MR) is 55.7 cm³/mol. The van der Waals surface area contributed by atoms with Crippen molar-refractivity contribution in [2.75, 3.05) is 11.9 Å². The molecule has 0 radical (unpaired) electrons. The summed E-state index contributed by atoms with van der Waals surface area (Å²) in [7, 11) is 0. The van der Waals surface area contributed by atoms with E-state index in [-0.39, 0.29) is 0 Å². The largest absolute Gasteiger partial charge is 0.385 e. The Hall–Kier alpha value is -0.500. The number of hydrogen-bond acceptors (Lipinski definition) is 1. The summed E-state index contributed by atoms with van der Waals surface area (Å²) in [6.07, 6.45) is 2.46. The maximum absolute atomic E-state index is 3.51. The topological polar surface area (TPSA) is 12.0 Å². The van der Waals surface area contributed by atoms with Crippen molar-refractivity contribution >= 4 is 21.6 Å². The molecule has 12 heavy (non-hydrogen) atoms. The van der Waals surface area contributed by atoms with E-state index in [1.807, 2.05) is 0 Å². The van der Waals surface area contributed by atoms with Crippen LogP contribution in [0.5, 0.6) is 0 Å².